The summed E-state index contributed by atoms with van der Waals surface area (Å²) in [7, 11) is 0. The largest absolute Gasteiger partial charge is 0.490 e. The fourth-order valence-corrected chi connectivity index (χ4v) is 3.18. The molecule has 0 saturated carbocycles. The van der Waals surface area contributed by atoms with E-state index in [0.29, 0.717) is 6.42 Å². The second kappa shape index (κ2) is 5.96. The third kappa shape index (κ3) is 3.04. The fraction of sp³-hybridized carbons (Fsp3) is 0.588. The smallest absolute Gasteiger partial charge is 0.164 e. The average Bonchev–Trinajstić information content (AvgIpc) is 2.85. The number of nitrogens with zero attached hydrogens (tertiary/aromatic N) is 1. The first-order chi connectivity index (χ1) is 9.72. The molecule has 0 N–H and O–H groups in total. The van der Waals surface area contributed by atoms with E-state index >= 15 is 0 Å². The Morgan fingerprint density at radius 3 is 2.90 bits per heavy atom. The number of ether oxygens (including phenoxy) is 1. The standard InChI is InChI=1S/C17H23NO2/c1-13-11-15-12-14(5-6-17(15)20-13)16(19)7-10-18-8-3-2-4-9-18/h5-6,12-13H,2-4,7-11H2,1H3/t13-/m0/s1. The van der Waals surface area contributed by atoms with Gasteiger partial charge in [0.2, 0.25) is 0 Å². The highest BCUT2D eigenvalue weighted by molar-refractivity contribution is 5.96. The molecule has 1 aromatic carbocycles. The van der Waals surface area contributed by atoms with Gasteiger partial charge in [-0.1, -0.05) is 6.42 Å². The molecule has 3 heteroatoms. The van der Waals surface area contributed by atoms with Gasteiger partial charge in [-0.3, -0.25) is 4.79 Å². The number of fused-ring (bicyclic) bond motifs is 1. The Bertz CT molecular complexity index is 492. The number of ketones is 1. The minimum atomic E-state index is 0.240. The van der Waals surface area contributed by atoms with Gasteiger partial charge in [-0.05, 0) is 56.6 Å². The Hall–Kier alpha value is -1.35. The van der Waals surface area contributed by atoms with Crippen molar-refractivity contribution in [1.29, 1.82) is 0 Å². The SMILES string of the molecule is C[C@H]1Cc2cc(C(=O)CCN3CCCCC3)ccc2O1. The highest BCUT2D eigenvalue weighted by Gasteiger charge is 2.20. The van der Waals surface area contributed by atoms with Crippen LogP contribution in [0.2, 0.25) is 0 Å². The van der Waals surface area contributed by atoms with E-state index in [-0.39, 0.29) is 11.9 Å². The van der Waals surface area contributed by atoms with Gasteiger partial charge in [0, 0.05) is 24.9 Å². The molecular formula is C17H23NO2. The number of hydrogen-bond acceptors (Lipinski definition) is 3. The van der Waals surface area contributed by atoms with Gasteiger partial charge in [-0.2, -0.15) is 0 Å². The van der Waals surface area contributed by atoms with Crippen LogP contribution in [0.25, 0.3) is 0 Å². The molecule has 0 radical (unpaired) electrons. The monoisotopic (exact) mass is 273 g/mol. The molecule has 0 amide bonds. The number of piperidine rings is 1. The van der Waals surface area contributed by atoms with Gasteiger partial charge in [0.15, 0.2) is 5.78 Å². The van der Waals surface area contributed by atoms with E-state index in [1.165, 1.54) is 24.8 Å². The quantitative estimate of drug-likeness (QED) is 0.790. The van der Waals surface area contributed by atoms with Gasteiger partial charge >= 0.3 is 0 Å². The number of benzene rings is 1. The van der Waals surface area contributed by atoms with Crippen molar-refractivity contribution in [3.63, 3.8) is 0 Å². The summed E-state index contributed by atoms with van der Waals surface area (Å²) in [6.07, 6.45) is 5.69. The van der Waals surface area contributed by atoms with E-state index in [2.05, 4.69) is 11.8 Å². The van der Waals surface area contributed by atoms with Gasteiger partial charge in [-0.25, -0.2) is 0 Å². The maximum atomic E-state index is 12.3. The van der Waals surface area contributed by atoms with Crippen LogP contribution < -0.4 is 4.74 Å². The van der Waals surface area contributed by atoms with E-state index in [1.807, 2.05) is 18.2 Å². The normalized spacial score (nSPS) is 22.4. The minimum absolute atomic E-state index is 0.240. The van der Waals surface area contributed by atoms with Crippen molar-refractivity contribution >= 4 is 5.78 Å². The molecule has 1 saturated heterocycles. The van der Waals surface area contributed by atoms with Gasteiger partial charge in [0.25, 0.3) is 0 Å². The Kier molecular flexibility index (Phi) is 4.06. The highest BCUT2D eigenvalue weighted by Crippen LogP contribution is 2.29. The number of hydrogen-bond donors (Lipinski definition) is 0. The summed E-state index contributed by atoms with van der Waals surface area (Å²) >= 11 is 0. The summed E-state index contributed by atoms with van der Waals surface area (Å²) in [5, 5.41) is 0. The van der Waals surface area contributed by atoms with Crippen LogP contribution in [0.3, 0.4) is 0 Å². The summed E-state index contributed by atoms with van der Waals surface area (Å²) in [5.41, 5.74) is 2.03. The molecule has 0 bridgehead atoms. The summed E-state index contributed by atoms with van der Waals surface area (Å²) in [6.45, 7) is 5.28. The van der Waals surface area contributed by atoms with Crippen molar-refractivity contribution in [2.24, 2.45) is 0 Å². The molecule has 20 heavy (non-hydrogen) atoms. The molecule has 0 unspecified atom stereocenters. The predicted octanol–water partition coefficient (Wildman–Crippen LogP) is 3.07. The topological polar surface area (TPSA) is 29.5 Å². The van der Waals surface area contributed by atoms with Crippen LogP contribution in [0.5, 0.6) is 5.75 Å². The van der Waals surface area contributed by atoms with Crippen molar-refractivity contribution in [2.75, 3.05) is 19.6 Å². The zero-order chi connectivity index (χ0) is 13.9. The van der Waals surface area contributed by atoms with Crippen LogP contribution in [0.15, 0.2) is 18.2 Å². The van der Waals surface area contributed by atoms with Crippen LogP contribution >= 0.6 is 0 Å². The first-order valence-corrected chi connectivity index (χ1v) is 7.77. The van der Waals surface area contributed by atoms with Gasteiger partial charge in [-0.15, -0.1) is 0 Å². The molecule has 3 nitrogen and oxygen atoms in total. The van der Waals surface area contributed by atoms with Crippen molar-refractivity contribution in [2.45, 2.75) is 45.1 Å². The summed E-state index contributed by atoms with van der Waals surface area (Å²) < 4.78 is 5.68. The Balaban J connectivity index is 1.58. The number of Topliss-reactive ketones (excluding diaryl/α,β-unsaturated/α-hetero) is 1. The van der Waals surface area contributed by atoms with Crippen molar-refractivity contribution < 1.29 is 9.53 Å². The third-order valence-electron chi connectivity index (χ3n) is 4.32. The van der Waals surface area contributed by atoms with E-state index in [1.54, 1.807) is 0 Å². The lowest BCUT2D eigenvalue weighted by Crippen LogP contribution is -2.31. The van der Waals surface area contributed by atoms with Crippen LogP contribution in [0, 0.1) is 0 Å². The lowest BCUT2D eigenvalue weighted by atomic mass is 10.0. The van der Waals surface area contributed by atoms with Crippen molar-refractivity contribution in [1.82, 2.24) is 4.90 Å². The molecule has 108 valence electrons. The fourth-order valence-electron chi connectivity index (χ4n) is 3.18. The first-order valence-electron chi connectivity index (χ1n) is 7.77. The second-order valence-electron chi connectivity index (χ2n) is 6.03. The average molecular weight is 273 g/mol. The second-order valence-corrected chi connectivity index (χ2v) is 6.03. The zero-order valence-electron chi connectivity index (χ0n) is 12.2. The van der Waals surface area contributed by atoms with E-state index in [0.717, 1.165) is 37.4 Å². The lowest BCUT2D eigenvalue weighted by molar-refractivity contribution is 0.0958. The molecule has 2 aliphatic heterocycles. The Morgan fingerprint density at radius 1 is 1.30 bits per heavy atom. The molecule has 0 aliphatic carbocycles. The maximum Gasteiger partial charge on any atom is 0.164 e. The minimum Gasteiger partial charge on any atom is -0.490 e. The summed E-state index contributed by atoms with van der Waals surface area (Å²) in [4.78, 5) is 14.7. The molecule has 1 aromatic rings. The number of rotatable bonds is 4. The predicted molar refractivity (Wildman–Crippen MR) is 79.5 cm³/mol. The molecule has 2 aliphatic rings. The Morgan fingerprint density at radius 2 is 2.10 bits per heavy atom. The maximum absolute atomic E-state index is 12.3. The molecule has 0 aromatic heterocycles. The van der Waals surface area contributed by atoms with E-state index < -0.39 is 0 Å². The highest BCUT2D eigenvalue weighted by atomic mass is 16.5. The number of carbonyl (C=O) groups excluding carboxylic acids is 1. The van der Waals surface area contributed by atoms with Crippen LogP contribution in [-0.4, -0.2) is 36.4 Å². The zero-order valence-corrected chi connectivity index (χ0v) is 12.2. The van der Waals surface area contributed by atoms with Gasteiger partial charge in [0.05, 0.1) is 0 Å². The van der Waals surface area contributed by atoms with Crippen molar-refractivity contribution in [3.8, 4) is 5.75 Å². The van der Waals surface area contributed by atoms with Crippen molar-refractivity contribution in [3.05, 3.63) is 29.3 Å². The van der Waals surface area contributed by atoms with E-state index in [9.17, 15) is 4.79 Å². The van der Waals surface area contributed by atoms with E-state index in [4.69, 9.17) is 4.74 Å². The molecule has 2 heterocycles. The molecule has 1 fully saturated rings. The third-order valence-corrected chi connectivity index (χ3v) is 4.32. The van der Waals surface area contributed by atoms with Gasteiger partial charge < -0.3 is 9.64 Å². The summed E-state index contributed by atoms with van der Waals surface area (Å²) in [5.74, 6) is 1.21. The number of carbonyl (C=O) groups is 1. The lowest BCUT2D eigenvalue weighted by Gasteiger charge is -2.25. The van der Waals surface area contributed by atoms with Crippen LogP contribution in [0.1, 0.15) is 48.5 Å². The molecule has 3 rings (SSSR count). The molecular weight excluding hydrogens is 250 g/mol. The van der Waals surface area contributed by atoms with Crippen LogP contribution in [0.4, 0.5) is 0 Å². The summed E-state index contributed by atoms with van der Waals surface area (Å²) in [6, 6.07) is 5.89. The molecule has 1 atom stereocenters. The van der Waals surface area contributed by atoms with Crippen LogP contribution in [-0.2, 0) is 6.42 Å². The molecule has 0 spiro atoms. The first kappa shape index (κ1) is 13.6. The Labute approximate surface area is 120 Å². The number of likely N-dealkylation sites (tertiary alicyclic amines) is 1. The van der Waals surface area contributed by atoms with Gasteiger partial charge in [0.1, 0.15) is 11.9 Å².